The van der Waals surface area contributed by atoms with Crippen LogP contribution in [0, 0.1) is 6.92 Å². The Morgan fingerprint density at radius 2 is 1.70 bits per heavy atom. The lowest BCUT2D eigenvalue weighted by Crippen LogP contribution is -2.36. The molecule has 0 unspecified atom stereocenters. The Labute approximate surface area is 193 Å². The molecule has 1 aromatic heterocycles. The molecule has 4 rings (SSSR count). The van der Waals surface area contributed by atoms with Crippen molar-refractivity contribution < 1.29 is 13.2 Å². The molecular weight excluding hydrogens is 438 g/mol. The van der Waals surface area contributed by atoms with E-state index < -0.39 is 15.6 Å². The van der Waals surface area contributed by atoms with Gasteiger partial charge in [-0.3, -0.25) is 9.59 Å². The molecule has 0 radical (unpaired) electrons. The Morgan fingerprint density at radius 3 is 2.39 bits per heavy atom. The maximum atomic E-state index is 13.4. The lowest BCUT2D eigenvalue weighted by atomic mass is 10.1. The highest BCUT2D eigenvalue weighted by Gasteiger charge is 2.28. The van der Waals surface area contributed by atoms with Gasteiger partial charge in [0.05, 0.1) is 11.4 Å². The molecule has 2 heterocycles. The number of aromatic nitrogens is 1. The van der Waals surface area contributed by atoms with Crippen LogP contribution in [0.15, 0.2) is 82.6 Å². The van der Waals surface area contributed by atoms with E-state index in [0.717, 1.165) is 29.7 Å². The molecule has 7 nitrogen and oxygen atoms in total. The number of hydrogen-bond acceptors (Lipinski definition) is 4. The minimum absolute atomic E-state index is 0.0296. The minimum Gasteiger partial charge on any atom is -0.306 e. The summed E-state index contributed by atoms with van der Waals surface area (Å²) in [7, 11) is -3.69. The number of benzene rings is 2. The fraction of sp³-hybridized carbons (Fsp3) is 0.280. The summed E-state index contributed by atoms with van der Waals surface area (Å²) in [4.78, 5) is 27.6. The van der Waals surface area contributed by atoms with E-state index in [4.69, 9.17) is 0 Å². The number of pyridine rings is 1. The molecule has 1 fully saturated rings. The standard InChI is InChI=1S/C25H27N3O4S/c1-20-8-7-11-22(16-20)28(17-21-9-3-2-4-10-21)25(30)19-26-18-23(12-13-24(26)29)33(31,32)27-14-5-6-15-27/h2-4,7-13,16,18H,5-6,14-15,17,19H2,1H3. The Morgan fingerprint density at radius 1 is 0.970 bits per heavy atom. The van der Waals surface area contributed by atoms with E-state index in [2.05, 4.69) is 0 Å². The number of sulfonamides is 1. The molecule has 3 aromatic rings. The number of amides is 1. The van der Waals surface area contributed by atoms with Crippen LogP contribution in [0.25, 0.3) is 0 Å². The van der Waals surface area contributed by atoms with Gasteiger partial charge < -0.3 is 9.47 Å². The van der Waals surface area contributed by atoms with Gasteiger partial charge in [0, 0.05) is 31.0 Å². The molecule has 1 saturated heterocycles. The van der Waals surface area contributed by atoms with E-state index in [1.54, 1.807) is 4.90 Å². The number of carbonyl (C=O) groups is 1. The maximum Gasteiger partial charge on any atom is 0.251 e. The van der Waals surface area contributed by atoms with Gasteiger partial charge in [-0.2, -0.15) is 4.31 Å². The van der Waals surface area contributed by atoms with Crippen molar-refractivity contribution in [2.24, 2.45) is 0 Å². The first-order valence-corrected chi connectivity index (χ1v) is 12.4. The first-order chi connectivity index (χ1) is 15.8. The van der Waals surface area contributed by atoms with E-state index in [-0.39, 0.29) is 17.3 Å². The zero-order valence-electron chi connectivity index (χ0n) is 18.6. The summed E-state index contributed by atoms with van der Waals surface area (Å²) in [6.07, 6.45) is 2.93. The van der Waals surface area contributed by atoms with E-state index in [0.29, 0.717) is 19.6 Å². The molecule has 1 aliphatic rings. The van der Waals surface area contributed by atoms with Crippen molar-refractivity contribution in [2.45, 2.75) is 37.8 Å². The molecule has 1 aliphatic heterocycles. The SMILES string of the molecule is Cc1cccc(N(Cc2ccccc2)C(=O)Cn2cc(S(=O)(=O)N3CCCC3)ccc2=O)c1. The molecule has 0 aliphatic carbocycles. The largest absolute Gasteiger partial charge is 0.306 e. The van der Waals surface area contributed by atoms with Crippen LogP contribution in [0.5, 0.6) is 0 Å². The molecule has 33 heavy (non-hydrogen) atoms. The van der Waals surface area contributed by atoms with Crippen molar-refractivity contribution in [1.82, 2.24) is 8.87 Å². The highest BCUT2D eigenvalue weighted by Crippen LogP contribution is 2.21. The first kappa shape index (κ1) is 22.9. The van der Waals surface area contributed by atoms with Gasteiger partial charge >= 0.3 is 0 Å². The third-order valence-electron chi connectivity index (χ3n) is 5.76. The van der Waals surface area contributed by atoms with Gasteiger partial charge in [0.25, 0.3) is 5.56 Å². The summed E-state index contributed by atoms with van der Waals surface area (Å²) in [6, 6.07) is 19.7. The predicted molar refractivity (Wildman–Crippen MR) is 128 cm³/mol. The Bertz CT molecular complexity index is 1300. The van der Waals surface area contributed by atoms with Crippen LogP contribution >= 0.6 is 0 Å². The van der Waals surface area contributed by atoms with E-state index in [1.807, 2.05) is 61.5 Å². The van der Waals surface area contributed by atoms with Crippen molar-refractivity contribution in [3.63, 3.8) is 0 Å². The molecule has 2 aromatic carbocycles. The average molecular weight is 466 g/mol. The molecule has 1 amide bonds. The van der Waals surface area contributed by atoms with Crippen molar-refractivity contribution in [1.29, 1.82) is 0 Å². The second-order valence-electron chi connectivity index (χ2n) is 8.25. The normalized spacial score (nSPS) is 14.3. The summed E-state index contributed by atoms with van der Waals surface area (Å²) in [5.41, 5.74) is 2.25. The van der Waals surface area contributed by atoms with Crippen LogP contribution < -0.4 is 10.5 Å². The summed E-state index contributed by atoms with van der Waals surface area (Å²) in [5.74, 6) is -0.303. The van der Waals surface area contributed by atoms with Crippen molar-refractivity contribution in [3.05, 3.63) is 94.4 Å². The van der Waals surface area contributed by atoms with Gasteiger partial charge in [-0.25, -0.2) is 8.42 Å². The molecule has 8 heteroatoms. The van der Waals surface area contributed by atoms with Gasteiger partial charge in [-0.15, -0.1) is 0 Å². The molecule has 0 saturated carbocycles. The fourth-order valence-corrected chi connectivity index (χ4v) is 5.52. The van der Waals surface area contributed by atoms with Crippen molar-refractivity contribution in [2.75, 3.05) is 18.0 Å². The quantitative estimate of drug-likeness (QED) is 0.537. The highest BCUT2D eigenvalue weighted by molar-refractivity contribution is 7.89. The van der Waals surface area contributed by atoms with Crippen LogP contribution in [0.3, 0.4) is 0 Å². The Balaban J connectivity index is 1.64. The number of hydrogen-bond donors (Lipinski definition) is 0. The van der Waals surface area contributed by atoms with Gasteiger partial charge in [0.2, 0.25) is 15.9 Å². The Hall–Kier alpha value is -3.23. The van der Waals surface area contributed by atoms with E-state index >= 15 is 0 Å². The maximum absolute atomic E-state index is 13.4. The van der Waals surface area contributed by atoms with E-state index in [1.165, 1.54) is 27.2 Å². The number of anilines is 1. The zero-order valence-corrected chi connectivity index (χ0v) is 19.4. The van der Waals surface area contributed by atoms with Crippen molar-refractivity contribution >= 4 is 21.6 Å². The Kier molecular flexibility index (Phi) is 6.76. The molecule has 0 atom stereocenters. The topological polar surface area (TPSA) is 79.7 Å². The predicted octanol–water partition coefficient (Wildman–Crippen LogP) is 3.17. The summed E-state index contributed by atoms with van der Waals surface area (Å²) >= 11 is 0. The third-order valence-corrected chi connectivity index (χ3v) is 7.64. The lowest BCUT2D eigenvalue weighted by molar-refractivity contribution is -0.119. The highest BCUT2D eigenvalue weighted by atomic mass is 32.2. The zero-order chi connectivity index (χ0) is 23.4. The van der Waals surface area contributed by atoms with Gasteiger partial charge in [0.15, 0.2) is 0 Å². The third kappa shape index (κ3) is 5.23. The van der Waals surface area contributed by atoms with Crippen LogP contribution in [0.2, 0.25) is 0 Å². The minimum atomic E-state index is -3.69. The lowest BCUT2D eigenvalue weighted by Gasteiger charge is -2.24. The number of rotatable bonds is 7. The second kappa shape index (κ2) is 9.72. The molecule has 0 spiro atoms. The second-order valence-corrected chi connectivity index (χ2v) is 10.2. The van der Waals surface area contributed by atoms with Crippen LogP contribution in [0.1, 0.15) is 24.0 Å². The number of nitrogens with zero attached hydrogens (tertiary/aromatic N) is 3. The summed E-state index contributed by atoms with van der Waals surface area (Å²) < 4.78 is 28.5. The van der Waals surface area contributed by atoms with Gasteiger partial charge in [0.1, 0.15) is 6.54 Å². The first-order valence-electron chi connectivity index (χ1n) is 11.0. The van der Waals surface area contributed by atoms with Crippen molar-refractivity contribution in [3.8, 4) is 0 Å². The number of carbonyl (C=O) groups excluding carboxylic acids is 1. The monoisotopic (exact) mass is 465 g/mol. The molecule has 0 N–H and O–H groups in total. The van der Waals surface area contributed by atoms with E-state index in [9.17, 15) is 18.0 Å². The fourth-order valence-electron chi connectivity index (χ4n) is 3.98. The van der Waals surface area contributed by atoms with Gasteiger partial charge in [-0.1, -0.05) is 42.5 Å². The smallest absolute Gasteiger partial charge is 0.251 e. The average Bonchev–Trinajstić information content (AvgIpc) is 3.35. The van der Waals surface area contributed by atoms with Crippen LogP contribution in [-0.2, 0) is 27.9 Å². The summed E-state index contributed by atoms with van der Waals surface area (Å²) in [6.45, 7) is 2.97. The summed E-state index contributed by atoms with van der Waals surface area (Å²) in [5, 5.41) is 0. The molecule has 0 bridgehead atoms. The van der Waals surface area contributed by atoms with Crippen LogP contribution in [0.4, 0.5) is 5.69 Å². The van der Waals surface area contributed by atoms with Crippen LogP contribution in [-0.4, -0.2) is 36.3 Å². The van der Waals surface area contributed by atoms with Gasteiger partial charge in [-0.05, 0) is 49.1 Å². The number of aryl methyl sites for hydroxylation is 1. The molecular formula is C25H27N3O4S. The molecule has 172 valence electrons.